The van der Waals surface area contributed by atoms with Crippen molar-refractivity contribution in [1.82, 2.24) is 19.7 Å². The van der Waals surface area contributed by atoms with E-state index in [0.717, 1.165) is 22.3 Å². The van der Waals surface area contributed by atoms with Crippen LogP contribution < -0.4 is 5.73 Å². The summed E-state index contributed by atoms with van der Waals surface area (Å²) in [5.41, 5.74) is 8.67. The van der Waals surface area contributed by atoms with Gasteiger partial charge in [0.05, 0.1) is 11.1 Å². The van der Waals surface area contributed by atoms with Crippen LogP contribution in [0, 0.1) is 0 Å². The third-order valence-corrected chi connectivity index (χ3v) is 3.27. The van der Waals surface area contributed by atoms with Crippen LogP contribution in [0.5, 0.6) is 0 Å². The summed E-state index contributed by atoms with van der Waals surface area (Å²) in [7, 11) is 0. The molecular weight excluding hydrogens is 262 g/mol. The molecule has 3 rings (SSSR count). The number of nitrogens with two attached hydrogens (primary N) is 1. The molecule has 0 unspecified atom stereocenters. The van der Waals surface area contributed by atoms with Crippen LogP contribution in [-0.4, -0.2) is 19.7 Å². The first-order valence-electron chi connectivity index (χ1n) is 6.88. The Kier molecular flexibility index (Phi) is 3.39. The van der Waals surface area contributed by atoms with E-state index in [2.05, 4.69) is 28.9 Å². The summed E-state index contributed by atoms with van der Waals surface area (Å²) in [6, 6.07) is 10.3. The van der Waals surface area contributed by atoms with Crippen LogP contribution in [0.2, 0.25) is 0 Å². The van der Waals surface area contributed by atoms with Crippen LogP contribution in [0.4, 0.5) is 5.82 Å². The third kappa shape index (κ3) is 2.50. The van der Waals surface area contributed by atoms with Crippen LogP contribution in [0.25, 0.3) is 23.2 Å². The lowest BCUT2D eigenvalue weighted by Crippen LogP contribution is -2.04. The van der Waals surface area contributed by atoms with Crippen molar-refractivity contribution >= 4 is 29.0 Å². The molecule has 0 amide bonds. The number of nitrogen functional groups attached to an aromatic ring is 1. The predicted molar refractivity (Wildman–Crippen MR) is 85.5 cm³/mol. The van der Waals surface area contributed by atoms with Crippen LogP contribution in [-0.2, 0) is 0 Å². The molecule has 5 nitrogen and oxygen atoms in total. The van der Waals surface area contributed by atoms with Crippen molar-refractivity contribution in [2.75, 3.05) is 5.73 Å². The first-order valence-corrected chi connectivity index (χ1v) is 6.88. The molecule has 0 bridgehead atoms. The number of benzene rings is 1. The van der Waals surface area contributed by atoms with Gasteiger partial charge >= 0.3 is 0 Å². The molecule has 2 aromatic heterocycles. The van der Waals surface area contributed by atoms with Gasteiger partial charge in [-0.25, -0.2) is 14.6 Å². The maximum atomic E-state index is 6.00. The van der Waals surface area contributed by atoms with E-state index in [4.69, 9.17) is 5.73 Å². The van der Waals surface area contributed by atoms with Gasteiger partial charge in [0.25, 0.3) is 0 Å². The molecule has 21 heavy (non-hydrogen) atoms. The second-order valence-electron chi connectivity index (χ2n) is 5.13. The Morgan fingerprint density at radius 3 is 2.57 bits per heavy atom. The van der Waals surface area contributed by atoms with E-state index in [1.807, 2.05) is 47.2 Å². The van der Waals surface area contributed by atoms with Crippen LogP contribution in [0.1, 0.15) is 31.1 Å². The fourth-order valence-electron chi connectivity index (χ4n) is 2.24. The van der Waals surface area contributed by atoms with Gasteiger partial charge in [-0.1, -0.05) is 36.4 Å². The van der Waals surface area contributed by atoms with Gasteiger partial charge in [-0.3, -0.25) is 0 Å². The fourth-order valence-corrected chi connectivity index (χ4v) is 2.24. The highest BCUT2D eigenvalue weighted by Crippen LogP contribution is 2.25. The number of hydrogen-bond donors (Lipinski definition) is 1. The molecule has 0 aliphatic rings. The van der Waals surface area contributed by atoms with E-state index in [-0.39, 0.29) is 6.04 Å². The van der Waals surface area contributed by atoms with Gasteiger partial charge in [0, 0.05) is 6.04 Å². The van der Waals surface area contributed by atoms with Gasteiger partial charge in [-0.2, -0.15) is 5.10 Å². The van der Waals surface area contributed by atoms with Crippen LogP contribution in [0.15, 0.2) is 36.7 Å². The van der Waals surface area contributed by atoms with Crippen molar-refractivity contribution in [3.05, 3.63) is 47.9 Å². The third-order valence-electron chi connectivity index (χ3n) is 3.27. The number of anilines is 1. The highest BCUT2D eigenvalue weighted by molar-refractivity contribution is 5.94. The molecule has 5 heteroatoms. The molecule has 0 radical (unpaired) electrons. The van der Waals surface area contributed by atoms with Crippen molar-refractivity contribution in [3.8, 4) is 0 Å². The molecule has 2 N–H and O–H groups in total. The number of fused-ring (bicyclic) bond motifs is 1. The smallest absolute Gasteiger partial charge is 0.164 e. The minimum Gasteiger partial charge on any atom is -0.383 e. The van der Waals surface area contributed by atoms with E-state index in [0.29, 0.717) is 5.82 Å². The fraction of sp³-hybridized carbons (Fsp3) is 0.188. The van der Waals surface area contributed by atoms with Crippen molar-refractivity contribution in [3.63, 3.8) is 0 Å². The maximum absolute atomic E-state index is 6.00. The zero-order valence-electron chi connectivity index (χ0n) is 12.1. The molecule has 106 valence electrons. The average molecular weight is 279 g/mol. The minimum atomic E-state index is 0.209. The lowest BCUT2D eigenvalue weighted by Gasteiger charge is -2.05. The van der Waals surface area contributed by atoms with Gasteiger partial charge in [0.2, 0.25) is 0 Å². The van der Waals surface area contributed by atoms with Gasteiger partial charge in [-0.15, -0.1) is 0 Å². The topological polar surface area (TPSA) is 69.6 Å². The second-order valence-corrected chi connectivity index (χ2v) is 5.13. The number of aromatic nitrogens is 4. The Hall–Kier alpha value is -2.69. The van der Waals surface area contributed by atoms with Crippen molar-refractivity contribution < 1.29 is 0 Å². The SMILES string of the molecule is CC(C)n1nc(/C=C/c2ccccc2)c2c(N)ncnc21. The first kappa shape index (κ1) is 13.3. The molecular formula is C16H17N5. The van der Waals surface area contributed by atoms with E-state index in [1.165, 1.54) is 6.33 Å². The van der Waals surface area contributed by atoms with E-state index in [9.17, 15) is 0 Å². The lowest BCUT2D eigenvalue weighted by atomic mass is 10.2. The second kappa shape index (κ2) is 5.36. The predicted octanol–water partition coefficient (Wildman–Crippen LogP) is 3.16. The number of rotatable bonds is 3. The molecule has 0 aliphatic carbocycles. The Morgan fingerprint density at radius 1 is 1.10 bits per heavy atom. The molecule has 2 heterocycles. The maximum Gasteiger partial charge on any atom is 0.164 e. The molecule has 1 aromatic carbocycles. The lowest BCUT2D eigenvalue weighted by molar-refractivity contribution is 0.545. The van der Waals surface area contributed by atoms with Gasteiger partial charge < -0.3 is 5.73 Å². The quantitative estimate of drug-likeness (QED) is 0.799. The first-order chi connectivity index (χ1) is 10.2. The van der Waals surface area contributed by atoms with E-state index < -0.39 is 0 Å². The summed E-state index contributed by atoms with van der Waals surface area (Å²) in [5, 5.41) is 5.42. The molecule has 3 aromatic rings. The summed E-state index contributed by atoms with van der Waals surface area (Å²) >= 11 is 0. The van der Waals surface area contributed by atoms with Gasteiger partial charge in [0.15, 0.2) is 5.65 Å². The highest BCUT2D eigenvalue weighted by atomic mass is 15.3. The number of nitrogens with zero attached hydrogens (tertiary/aromatic N) is 4. The molecule has 0 saturated heterocycles. The average Bonchev–Trinajstić information content (AvgIpc) is 2.87. The highest BCUT2D eigenvalue weighted by Gasteiger charge is 2.14. The normalized spacial score (nSPS) is 11.8. The molecule has 0 aliphatic heterocycles. The van der Waals surface area contributed by atoms with E-state index >= 15 is 0 Å². The molecule has 0 fully saturated rings. The molecule has 0 saturated carbocycles. The van der Waals surface area contributed by atoms with Crippen LogP contribution >= 0.6 is 0 Å². The monoisotopic (exact) mass is 279 g/mol. The van der Waals surface area contributed by atoms with E-state index in [1.54, 1.807) is 0 Å². The molecule has 0 atom stereocenters. The largest absolute Gasteiger partial charge is 0.383 e. The molecule has 0 spiro atoms. The minimum absolute atomic E-state index is 0.209. The summed E-state index contributed by atoms with van der Waals surface area (Å²) in [5.74, 6) is 0.458. The standard InChI is InChI=1S/C16H17N5/c1-11(2)21-16-14(15(17)18-10-19-16)13(20-21)9-8-12-6-4-3-5-7-12/h3-11H,1-2H3,(H2,17,18,19)/b9-8+. The van der Waals surface area contributed by atoms with Crippen molar-refractivity contribution in [2.45, 2.75) is 19.9 Å². The van der Waals surface area contributed by atoms with Gasteiger partial charge in [-0.05, 0) is 25.5 Å². The van der Waals surface area contributed by atoms with Crippen molar-refractivity contribution in [2.24, 2.45) is 0 Å². The Labute approximate surface area is 123 Å². The summed E-state index contributed by atoms with van der Waals surface area (Å²) in [6.45, 7) is 4.13. The zero-order chi connectivity index (χ0) is 14.8. The summed E-state index contributed by atoms with van der Waals surface area (Å²) in [4.78, 5) is 8.39. The Balaban J connectivity index is 2.12. The van der Waals surface area contributed by atoms with Crippen molar-refractivity contribution in [1.29, 1.82) is 0 Å². The zero-order valence-corrected chi connectivity index (χ0v) is 12.1. The van der Waals surface area contributed by atoms with Crippen LogP contribution in [0.3, 0.4) is 0 Å². The number of hydrogen-bond acceptors (Lipinski definition) is 4. The van der Waals surface area contributed by atoms with Gasteiger partial charge in [0.1, 0.15) is 12.1 Å². The summed E-state index contributed by atoms with van der Waals surface area (Å²) < 4.78 is 1.87. The summed E-state index contributed by atoms with van der Waals surface area (Å²) in [6.07, 6.45) is 5.44. The Morgan fingerprint density at radius 2 is 1.86 bits per heavy atom. The Bertz CT molecular complexity index is 787.